The number of carbonyl (C=O) groups is 1. The van der Waals surface area contributed by atoms with Crippen molar-refractivity contribution < 1.29 is 4.79 Å². The van der Waals surface area contributed by atoms with Crippen molar-refractivity contribution in [2.75, 3.05) is 13.1 Å². The second-order valence-corrected chi connectivity index (χ2v) is 7.28. The number of rotatable bonds is 4. The summed E-state index contributed by atoms with van der Waals surface area (Å²) in [7, 11) is 0. The molecule has 2 saturated carbocycles. The first-order valence-electron chi connectivity index (χ1n) is 8.81. The maximum Gasteiger partial charge on any atom is 0.220 e. The molecule has 0 aromatic rings. The standard InChI is InChI=1S/C17H30N2O.ClH/c20-17(8-5-13-9-10-18-12-13)19-16-7-6-14-3-1-2-4-15(14)11-16;/h13-16,18H,1-12H2,(H,19,20);1H. The summed E-state index contributed by atoms with van der Waals surface area (Å²) in [6, 6.07) is 0.476. The van der Waals surface area contributed by atoms with Gasteiger partial charge in [-0.2, -0.15) is 0 Å². The Morgan fingerprint density at radius 1 is 1.05 bits per heavy atom. The molecule has 1 saturated heterocycles. The van der Waals surface area contributed by atoms with Gasteiger partial charge in [0.25, 0.3) is 0 Å². The van der Waals surface area contributed by atoms with Crippen LogP contribution in [-0.2, 0) is 4.79 Å². The van der Waals surface area contributed by atoms with Crippen LogP contribution in [0.1, 0.15) is 64.2 Å². The van der Waals surface area contributed by atoms with Gasteiger partial charge in [0, 0.05) is 12.5 Å². The van der Waals surface area contributed by atoms with Crippen molar-refractivity contribution in [1.29, 1.82) is 0 Å². The van der Waals surface area contributed by atoms with Gasteiger partial charge in [-0.05, 0) is 62.9 Å². The van der Waals surface area contributed by atoms with Crippen LogP contribution in [0.15, 0.2) is 0 Å². The van der Waals surface area contributed by atoms with E-state index in [4.69, 9.17) is 0 Å². The second kappa shape index (κ2) is 8.38. The number of carbonyl (C=O) groups excluding carboxylic acids is 1. The van der Waals surface area contributed by atoms with Gasteiger partial charge in [0.2, 0.25) is 5.91 Å². The molecule has 4 unspecified atom stereocenters. The zero-order chi connectivity index (χ0) is 13.8. The molecule has 4 atom stereocenters. The minimum absolute atomic E-state index is 0. The first-order chi connectivity index (χ1) is 9.81. The monoisotopic (exact) mass is 314 g/mol. The summed E-state index contributed by atoms with van der Waals surface area (Å²) in [5.74, 6) is 2.91. The molecule has 2 aliphatic carbocycles. The third kappa shape index (κ3) is 4.85. The minimum atomic E-state index is 0. The second-order valence-electron chi connectivity index (χ2n) is 7.28. The van der Waals surface area contributed by atoms with Gasteiger partial charge in [-0.25, -0.2) is 0 Å². The van der Waals surface area contributed by atoms with E-state index < -0.39 is 0 Å². The van der Waals surface area contributed by atoms with E-state index in [0.29, 0.717) is 11.9 Å². The van der Waals surface area contributed by atoms with Crippen LogP contribution in [0.5, 0.6) is 0 Å². The van der Waals surface area contributed by atoms with Crippen molar-refractivity contribution >= 4 is 18.3 Å². The Morgan fingerprint density at radius 3 is 2.62 bits per heavy atom. The van der Waals surface area contributed by atoms with E-state index >= 15 is 0 Å². The molecule has 0 aromatic carbocycles. The Kier molecular flexibility index (Phi) is 6.81. The first-order valence-corrected chi connectivity index (χ1v) is 8.81. The molecule has 3 fully saturated rings. The Labute approximate surface area is 135 Å². The fourth-order valence-corrected chi connectivity index (χ4v) is 4.60. The zero-order valence-corrected chi connectivity index (χ0v) is 13.9. The number of fused-ring (bicyclic) bond motifs is 1. The molecule has 3 aliphatic rings. The largest absolute Gasteiger partial charge is 0.353 e. The molecule has 122 valence electrons. The van der Waals surface area contributed by atoms with Crippen molar-refractivity contribution in [3.05, 3.63) is 0 Å². The average molecular weight is 315 g/mol. The van der Waals surface area contributed by atoms with Crippen LogP contribution < -0.4 is 10.6 Å². The lowest BCUT2D eigenvalue weighted by Gasteiger charge is -2.39. The fourth-order valence-electron chi connectivity index (χ4n) is 4.60. The normalized spacial score (nSPS) is 35.6. The smallest absolute Gasteiger partial charge is 0.220 e. The summed E-state index contributed by atoms with van der Waals surface area (Å²) in [4.78, 5) is 12.1. The number of hydrogen-bond acceptors (Lipinski definition) is 2. The Bertz CT molecular complexity index is 331. The molecule has 2 N–H and O–H groups in total. The molecule has 3 nitrogen and oxygen atoms in total. The number of hydrogen-bond donors (Lipinski definition) is 2. The Hall–Kier alpha value is -0.280. The van der Waals surface area contributed by atoms with Crippen molar-refractivity contribution in [1.82, 2.24) is 10.6 Å². The average Bonchev–Trinajstić information content (AvgIpc) is 2.98. The maximum absolute atomic E-state index is 12.1. The van der Waals surface area contributed by atoms with Crippen LogP contribution >= 0.6 is 12.4 Å². The number of nitrogens with one attached hydrogen (secondary N) is 2. The van der Waals surface area contributed by atoms with Gasteiger partial charge in [0.05, 0.1) is 0 Å². The van der Waals surface area contributed by atoms with Crippen LogP contribution in [0.2, 0.25) is 0 Å². The highest BCUT2D eigenvalue weighted by molar-refractivity contribution is 5.85. The van der Waals surface area contributed by atoms with Gasteiger partial charge >= 0.3 is 0 Å². The highest BCUT2D eigenvalue weighted by Crippen LogP contribution is 2.40. The lowest BCUT2D eigenvalue weighted by atomic mass is 9.69. The Morgan fingerprint density at radius 2 is 1.86 bits per heavy atom. The number of amides is 1. The van der Waals surface area contributed by atoms with E-state index in [1.54, 1.807) is 0 Å². The van der Waals surface area contributed by atoms with E-state index in [9.17, 15) is 4.79 Å². The fraction of sp³-hybridized carbons (Fsp3) is 0.941. The summed E-state index contributed by atoms with van der Waals surface area (Å²) < 4.78 is 0. The van der Waals surface area contributed by atoms with E-state index in [1.165, 1.54) is 51.4 Å². The highest BCUT2D eigenvalue weighted by Gasteiger charge is 2.32. The van der Waals surface area contributed by atoms with Crippen molar-refractivity contribution in [2.24, 2.45) is 17.8 Å². The molecule has 0 bridgehead atoms. The van der Waals surface area contributed by atoms with Crippen LogP contribution in [0, 0.1) is 17.8 Å². The lowest BCUT2D eigenvalue weighted by Crippen LogP contribution is -2.41. The lowest BCUT2D eigenvalue weighted by molar-refractivity contribution is -0.122. The summed E-state index contributed by atoms with van der Waals surface area (Å²) in [6.07, 6.45) is 12.6. The van der Waals surface area contributed by atoms with E-state index in [0.717, 1.165) is 43.7 Å². The quantitative estimate of drug-likeness (QED) is 0.836. The molecule has 21 heavy (non-hydrogen) atoms. The molecule has 4 heteroatoms. The Balaban J connectivity index is 0.00000161. The molecule has 1 aliphatic heterocycles. The zero-order valence-electron chi connectivity index (χ0n) is 13.1. The molecular weight excluding hydrogens is 284 g/mol. The van der Waals surface area contributed by atoms with Gasteiger partial charge in [0.1, 0.15) is 0 Å². The maximum atomic E-state index is 12.1. The van der Waals surface area contributed by atoms with Crippen molar-refractivity contribution in [3.8, 4) is 0 Å². The molecule has 1 amide bonds. The van der Waals surface area contributed by atoms with Crippen LogP contribution in [0.3, 0.4) is 0 Å². The number of halogens is 1. The van der Waals surface area contributed by atoms with Crippen molar-refractivity contribution in [2.45, 2.75) is 70.3 Å². The minimum Gasteiger partial charge on any atom is -0.353 e. The van der Waals surface area contributed by atoms with Crippen LogP contribution in [0.4, 0.5) is 0 Å². The van der Waals surface area contributed by atoms with Gasteiger partial charge in [-0.1, -0.05) is 25.7 Å². The summed E-state index contributed by atoms with van der Waals surface area (Å²) in [5, 5.41) is 6.69. The summed E-state index contributed by atoms with van der Waals surface area (Å²) in [5.41, 5.74) is 0. The molecule has 3 rings (SSSR count). The summed E-state index contributed by atoms with van der Waals surface area (Å²) in [6.45, 7) is 2.25. The van der Waals surface area contributed by atoms with E-state index in [2.05, 4.69) is 10.6 Å². The van der Waals surface area contributed by atoms with Gasteiger partial charge in [-0.3, -0.25) is 4.79 Å². The van der Waals surface area contributed by atoms with Crippen molar-refractivity contribution in [3.63, 3.8) is 0 Å². The van der Waals surface area contributed by atoms with Gasteiger partial charge in [0.15, 0.2) is 0 Å². The van der Waals surface area contributed by atoms with Crippen LogP contribution in [0.25, 0.3) is 0 Å². The molecule has 0 spiro atoms. The van der Waals surface area contributed by atoms with Gasteiger partial charge in [-0.15, -0.1) is 12.4 Å². The molecule has 1 heterocycles. The topological polar surface area (TPSA) is 41.1 Å². The third-order valence-electron chi connectivity index (χ3n) is 5.85. The molecular formula is C17H31ClN2O. The predicted octanol–water partition coefficient (Wildman–Crippen LogP) is 3.27. The van der Waals surface area contributed by atoms with E-state index in [-0.39, 0.29) is 12.4 Å². The van der Waals surface area contributed by atoms with Crippen LogP contribution in [-0.4, -0.2) is 25.0 Å². The summed E-state index contributed by atoms with van der Waals surface area (Å²) >= 11 is 0. The molecule has 0 aromatic heterocycles. The first kappa shape index (κ1) is 17.1. The SMILES string of the molecule is Cl.O=C(CCC1CCNC1)NC1CCC2CCCCC2C1. The molecule has 0 radical (unpaired) electrons. The van der Waals surface area contributed by atoms with Gasteiger partial charge < -0.3 is 10.6 Å². The third-order valence-corrected chi connectivity index (χ3v) is 5.85. The van der Waals surface area contributed by atoms with E-state index in [1.807, 2.05) is 0 Å². The predicted molar refractivity (Wildman–Crippen MR) is 88.7 cm³/mol. The highest BCUT2D eigenvalue weighted by atomic mass is 35.5.